The normalized spacial score (nSPS) is 13.7. The van der Waals surface area contributed by atoms with Crippen LogP contribution in [0.1, 0.15) is 22.3 Å². The predicted octanol–water partition coefficient (Wildman–Crippen LogP) is 15.3. The maximum Gasteiger partial charge on any atom is 0.135 e. The van der Waals surface area contributed by atoms with Crippen LogP contribution in [0.15, 0.2) is 199 Å². The zero-order valence-electron chi connectivity index (χ0n) is 31.8. The molecule has 59 heavy (non-hydrogen) atoms. The lowest BCUT2D eigenvalue weighted by Gasteiger charge is -2.32. The molecule has 2 heterocycles. The zero-order valence-corrected chi connectivity index (χ0v) is 31.8. The SMILES string of the molecule is c1ccc2c(c1)-c1ccccc1C21c2cc(-c3ccc4c(c3)-c3cccc5cccc(c35)O4)cc(-c3ccc4oc5ccccc5c4c3)c2-c2ccc3ccccc3c21. The van der Waals surface area contributed by atoms with Gasteiger partial charge in [0.2, 0.25) is 0 Å². The van der Waals surface area contributed by atoms with E-state index in [0.29, 0.717) is 0 Å². The second-order valence-corrected chi connectivity index (χ2v) is 16.3. The fourth-order valence-electron chi connectivity index (χ4n) is 11.1. The van der Waals surface area contributed by atoms with Crippen LogP contribution >= 0.6 is 0 Å². The monoisotopic (exact) mass is 748 g/mol. The molecule has 14 rings (SSSR count). The Morgan fingerprint density at radius 3 is 1.88 bits per heavy atom. The van der Waals surface area contributed by atoms with Gasteiger partial charge in [-0.1, -0.05) is 146 Å². The van der Waals surface area contributed by atoms with Gasteiger partial charge in [-0.3, -0.25) is 0 Å². The van der Waals surface area contributed by atoms with Crippen LogP contribution < -0.4 is 4.74 Å². The lowest BCUT2D eigenvalue weighted by atomic mass is 9.69. The predicted molar refractivity (Wildman–Crippen MR) is 241 cm³/mol. The number of furan rings is 1. The number of benzene rings is 10. The Hall–Kier alpha value is -7.68. The summed E-state index contributed by atoms with van der Waals surface area (Å²) >= 11 is 0. The van der Waals surface area contributed by atoms with E-state index in [0.717, 1.165) is 55.5 Å². The molecule has 1 aliphatic heterocycles. The minimum atomic E-state index is -0.544. The van der Waals surface area contributed by atoms with Gasteiger partial charge in [0.1, 0.15) is 22.7 Å². The van der Waals surface area contributed by atoms with Crippen LogP contribution in [-0.2, 0) is 5.41 Å². The third-order valence-electron chi connectivity index (χ3n) is 13.4. The molecular weight excluding hydrogens is 717 g/mol. The largest absolute Gasteiger partial charge is 0.456 e. The van der Waals surface area contributed by atoms with E-state index >= 15 is 0 Å². The molecular formula is C57H32O2. The Morgan fingerprint density at radius 2 is 1.02 bits per heavy atom. The molecule has 3 aliphatic rings. The van der Waals surface area contributed by atoms with Gasteiger partial charge in [0.05, 0.1) is 5.41 Å². The third kappa shape index (κ3) is 4.00. The summed E-state index contributed by atoms with van der Waals surface area (Å²) in [5.74, 6) is 1.79. The number of hydrogen-bond donors (Lipinski definition) is 0. The average molecular weight is 749 g/mol. The van der Waals surface area contributed by atoms with Crippen molar-refractivity contribution in [2.24, 2.45) is 0 Å². The Bertz CT molecular complexity index is 3610. The van der Waals surface area contributed by atoms with Gasteiger partial charge in [-0.15, -0.1) is 0 Å². The fourth-order valence-corrected chi connectivity index (χ4v) is 11.1. The average Bonchev–Trinajstić information content (AvgIpc) is 3.93. The molecule has 2 nitrogen and oxygen atoms in total. The Kier molecular flexibility index (Phi) is 5.99. The van der Waals surface area contributed by atoms with Crippen molar-refractivity contribution < 1.29 is 9.15 Å². The minimum Gasteiger partial charge on any atom is -0.456 e. The van der Waals surface area contributed by atoms with Crippen LogP contribution in [0, 0.1) is 0 Å². The molecule has 10 aromatic carbocycles. The molecule has 0 amide bonds. The molecule has 0 atom stereocenters. The van der Waals surface area contributed by atoms with E-state index in [4.69, 9.17) is 9.15 Å². The number of hydrogen-bond acceptors (Lipinski definition) is 2. The van der Waals surface area contributed by atoms with Crippen molar-refractivity contribution in [3.05, 3.63) is 216 Å². The zero-order chi connectivity index (χ0) is 38.4. The molecule has 1 spiro atoms. The number of ether oxygens (including phenoxy) is 1. The van der Waals surface area contributed by atoms with Crippen molar-refractivity contribution in [1.82, 2.24) is 0 Å². The highest BCUT2D eigenvalue weighted by molar-refractivity contribution is 6.11. The van der Waals surface area contributed by atoms with Crippen molar-refractivity contribution >= 4 is 43.5 Å². The molecule has 1 aromatic heterocycles. The topological polar surface area (TPSA) is 22.4 Å². The summed E-state index contributed by atoms with van der Waals surface area (Å²) in [5, 5.41) is 7.13. The fraction of sp³-hybridized carbons (Fsp3) is 0.0175. The second kappa shape index (κ2) is 11.2. The highest BCUT2D eigenvalue weighted by atomic mass is 16.5. The van der Waals surface area contributed by atoms with Crippen LogP contribution in [0.4, 0.5) is 0 Å². The second-order valence-electron chi connectivity index (χ2n) is 16.3. The number of rotatable bonds is 2. The summed E-state index contributed by atoms with van der Waals surface area (Å²) in [7, 11) is 0. The first-order valence-corrected chi connectivity index (χ1v) is 20.4. The maximum atomic E-state index is 6.60. The van der Waals surface area contributed by atoms with E-state index in [1.54, 1.807) is 0 Å². The van der Waals surface area contributed by atoms with Gasteiger partial charge in [-0.2, -0.15) is 0 Å². The maximum absolute atomic E-state index is 6.60. The smallest absolute Gasteiger partial charge is 0.135 e. The molecule has 0 radical (unpaired) electrons. The highest BCUT2D eigenvalue weighted by Gasteiger charge is 2.53. The number of para-hydroxylation sites is 1. The molecule has 11 aromatic rings. The number of fused-ring (bicyclic) bond motifs is 17. The third-order valence-corrected chi connectivity index (χ3v) is 13.4. The molecule has 2 heteroatoms. The quantitative estimate of drug-likeness (QED) is 0.176. The van der Waals surface area contributed by atoms with Gasteiger partial charge in [-0.25, -0.2) is 0 Å². The molecule has 0 unspecified atom stereocenters. The Morgan fingerprint density at radius 1 is 0.339 bits per heavy atom. The first-order chi connectivity index (χ1) is 29.2. The lowest BCUT2D eigenvalue weighted by Crippen LogP contribution is -2.26. The Balaban J connectivity index is 1.13. The molecule has 0 saturated carbocycles. The standard InChI is InChI=1S/C57H32O2/c1-2-14-38-33(11-1)23-26-43-55-44(36-25-28-51-45(30-36)41-17-5-8-21-50(41)58-51)31-37(35-24-27-52-46(29-35)42-18-9-12-34-13-10-22-53(59-52)54(34)42)32-49(55)57(56(38)43)47-19-6-3-15-39(47)40-16-4-7-20-48(40)57/h1-32H. The minimum absolute atomic E-state index is 0.544. The van der Waals surface area contributed by atoms with Gasteiger partial charge in [0.25, 0.3) is 0 Å². The Labute approximate surface area is 340 Å². The molecule has 272 valence electrons. The highest BCUT2D eigenvalue weighted by Crippen LogP contribution is 2.66. The van der Waals surface area contributed by atoms with Crippen LogP contribution in [-0.4, -0.2) is 0 Å². The first kappa shape index (κ1) is 31.4. The summed E-state index contributed by atoms with van der Waals surface area (Å²) in [6.07, 6.45) is 0. The van der Waals surface area contributed by atoms with E-state index < -0.39 is 5.41 Å². The van der Waals surface area contributed by atoms with Crippen molar-refractivity contribution in [1.29, 1.82) is 0 Å². The van der Waals surface area contributed by atoms with Gasteiger partial charge < -0.3 is 9.15 Å². The van der Waals surface area contributed by atoms with E-state index in [2.05, 4.69) is 188 Å². The van der Waals surface area contributed by atoms with E-state index in [1.807, 2.05) is 6.07 Å². The van der Waals surface area contributed by atoms with E-state index in [1.165, 1.54) is 77.4 Å². The van der Waals surface area contributed by atoms with E-state index in [-0.39, 0.29) is 0 Å². The van der Waals surface area contributed by atoms with Gasteiger partial charge in [-0.05, 0) is 137 Å². The summed E-state index contributed by atoms with van der Waals surface area (Å²) in [6, 6.07) is 71.6. The van der Waals surface area contributed by atoms with Crippen LogP contribution in [0.3, 0.4) is 0 Å². The molecule has 0 fully saturated rings. The lowest BCUT2D eigenvalue weighted by molar-refractivity contribution is 0.487. The van der Waals surface area contributed by atoms with Gasteiger partial charge in [0, 0.05) is 21.7 Å². The molecule has 2 aliphatic carbocycles. The molecule has 0 N–H and O–H groups in total. The van der Waals surface area contributed by atoms with Gasteiger partial charge in [0.15, 0.2) is 0 Å². The van der Waals surface area contributed by atoms with Crippen molar-refractivity contribution in [2.45, 2.75) is 5.41 Å². The molecule has 0 saturated heterocycles. The summed E-state index contributed by atoms with van der Waals surface area (Å²) < 4.78 is 13.0. The van der Waals surface area contributed by atoms with Crippen LogP contribution in [0.25, 0.3) is 99.1 Å². The van der Waals surface area contributed by atoms with Crippen LogP contribution in [0.5, 0.6) is 11.5 Å². The van der Waals surface area contributed by atoms with Crippen LogP contribution in [0.2, 0.25) is 0 Å². The van der Waals surface area contributed by atoms with Crippen molar-refractivity contribution in [3.8, 4) is 67.1 Å². The van der Waals surface area contributed by atoms with Crippen molar-refractivity contribution in [2.75, 3.05) is 0 Å². The first-order valence-electron chi connectivity index (χ1n) is 20.4. The van der Waals surface area contributed by atoms with Gasteiger partial charge >= 0.3 is 0 Å². The summed E-state index contributed by atoms with van der Waals surface area (Å²) in [4.78, 5) is 0. The molecule has 0 bridgehead atoms. The summed E-state index contributed by atoms with van der Waals surface area (Å²) in [6.45, 7) is 0. The van der Waals surface area contributed by atoms with Crippen molar-refractivity contribution in [3.63, 3.8) is 0 Å². The summed E-state index contributed by atoms with van der Waals surface area (Å²) in [5.41, 5.74) is 18.8. The van der Waals surface area contributed by atoms with E-state index in [9.17, 15) is 0 Å².